The lowest BCUT2D eigenvalue weighted by molar-refractivity contribution is -0.132. The van der Waals surface area contributed by atoms with E-state index in [4.69, 9.17) is 0 Å². The highest BCUT2D eigenvalue weighted by atomic mass is 32.2. The maximum Gasteiger partial charge on any atom is 0.235 e. The highest BCUT2D eigenvalue weighted by Gasteiger charge is 2.29. The minimum atomic E-state index is 0.268. The summed E-state index contributed by atoms with van der Waals surface area (Å²) in [7, 11) is 2.01. The van der Waals surface area contributed by atoms with E-state index in [2.05, 4.69) is 10.2 Å². The number of rotatable bonds is 3. The Morgan fingerprint density at radius 1 is 1.29 bits per heavy atom. The van der Waals surface area contributed by atoms with Gasteiger partial charge in [-0.1, -0.05) is 6.42 Å². The molecule has 0 bridgehead atoms. The number of likely N-dealkylation sites (tertiary alicyclic amines) is 1. The molecular weight excluding hydrogens is 232 g/mol. The number of carbonyl (C=O) groups is 1. The summed E-state index contributed by atoms with van der Waals surface area (Å²) in [6.45, 7) is 3.05. The summed E-state index contributed by atoms with van der Waals surface area (Å²) in [5.41, 5.74) is 0. The lowest BCUT2D eigenvalue weighted by Crippen LogP contribution is -2.44. The van der Waals surface area contributed by atoms with Crippen LogP contribution in [0.5, 0.6) is 0 Å². The van der Waals surface area contributed by atoms with Crippen LogP contribution in [0.4, 0.5) is 0 Å². The predicted molar refractivity (Wildman–Crippen MR) is 73.3 cm³/mol. The monoisotopic (exact) mass is 256 g/mol. The molecule has 98 valence electrons. The highest BCUT2D eigenvalue weighted by Crippen LogP contribution is 2.28. The summed E-state index contributed by atoms with van der Waals surface area (Å²) in [6.07, 6.45) is 5.96. The van der Waals surface area contributed by atoms with Crippen molar-refractivity contribution in [3.8, 4) is 0 Å². The first kappa shape index (κ1) is 13.2. The van der Waals surface area contributed by atoms with Gasteiger partial charge in [0.25, 0.3) is 0 Å². The average Bonchev–Trinajstić information content (AvgIpc) is 2.40. The van der Waals surface area contributed by atoms with Crippen molar-refractivity contribution in [3.63, 3.8) is 0 Å². The van der Waals surface area contributed by atoms with Crippen LogP contribution >= 0.6 is 11.8 Å². The van der Waals surface area contributed by atoms with E-state index < -0.39 is 0 Å². The standard InChI is InChI=1S/C13H24N2OS/c1-14-10-11-5-7-15(8-6-11)13(16)12-4-2-3-9-17-12/h11-12,14H,2-10H2,1H3. The molecule has 0 aromatic heterocycles. The molecule has 2 aliphatic heterocycles. The second-order valence-corrected chi connectivity index (χ2v) is 6.49. The van der Waals surface area contributed by atoms with Crippen LogP contribution in [0.15, 0.2) is 0 Å². The molecule has 0 aromatic carbocycles. The first-order valence-corrected chi connectivity index (χ1v) is 7.91. The van der Waals surface area contributed by atoms with E-state index in [1.54, 1.807) is 0 Å². The second kappa shape index (κ2) is 6.64. The number of nitrogens with one attached hydrogen (secondary N) is 1. The summed E-state index contributed by atoms with van der Waals surface area (Å²) in [6, 6.07) is 0. The molecule has 1 amide bonds. The Morgan fingerprint density at radius 3 is 2.65 bits per heavy atom. The fourth-order valence-corrected chi connectivity index (χ4v) is 4.07. The minimum Gasteiger partial charge on any atom is -0.342 e. The number of carbonyl (C=O) groups excluding carboxylic acids is 1. The molecule has 2 heterocycles. The maximum absolute atomic E-state index is 12.3. The molecule has 1 atom stereocenters. The van der Waals surface area contributed by atoms with E-state index >= 15 is 0 Å². The molecule has 0 aromatic rings. The first-order chi connectivity index (χ1) is 8.31. The van der Waals surface area contributed by atoms with E-state index in [-0.39, 0.29) is 5.25 Å². The molecule has 0 spiro atoms. The van der Waals surface area contributed by atoms with Crippen molar-refractivity contribution in [2.24, 2.45) is 5.92 Å². The molecule has 0 radical (unpaired) electrons. The Hall–Kier alpha value is -0.220. The van der Waals surface area contributed by atoms with Crippen molar-refractivity contribution in [2.45, 2.75) is 37.4 Å². The van der Waals surface area contributed by atoms with Crippen LogP contribution in [0.3, 0.4) is 0 Å². The molecule has 2 aliphatic rings. The van der Waals surface area contributed by atoms with E-state index in [0.717, 1.165) is 32.0 Å². The molecular formula is C13H24N2OS. The number of hydrogen-bond donors (Lipinski definition) is 1. The van der Waals surface area contributed by atoms with Gasteiger partial charge < -0.3 is 10.2 Å². The van der Waals surface area contributed by atoms with Gasteiger partial charge in [-0.15, -0.1) is 11.8 Å². The van der Waals surface area contributed by atoms with Crippen LogP contribution in [-0.2, 0) is 4.79 Å². The average molecular weight is 256 g/mol. The molecule has 0 aliphatic carbocycles. The van der Waals surface area contributed by atoms with Gasteiger partial charge in [0, 0.05) is 13.1 Å². The minimum absolute atomic E-state index is 0.268. The van der Waals surface area contributed by atoms with Crippen LogP contribution in [0, 0.1) is 5.92 Å². The van der Waals surface area contributed by atoms with Crippen molar-refractivity contribution in [2.75, 3.05) is 32.4 Å². The van der Waals surface area contributed by atoms with Crippen molar-refractivity contribution in [3.05, 3.63) is 0 Å². The lowest BCUT2D eigenvalue weighted by Gasteiger charge is -2.35. The largest absolute Gasteiger partial charge is 0.342 e. The third-order valence-electron chi connectivity index (χ3n) is 3.87. The fraction of sp³-hybridized carbons (Fsp3) is 0.923. The smallest absolute Gasteiger partial charge is 0.235 e. The van der Waals surface area contributed by atoms with Crippen LogP contribution in [-0.4, -0.2) is 48.5 Å². The molecule has 1 N–H and O–H groups in total. The van der Waals surface area contributed by atoms with Crippen LogP contribution in [0.1, 0.15) is 32.1 Å². The zero-order valence-corrected chi connectivity index (χ0v) is 11.6. The Bertz CT molecular complexity index is 246. The van der Waals surface area contributed by atoms with Gasteiger partial charge in [-0.3, -0.25) is 4.79 Å². The third-order valence-corrected chi connectivity index (χ3v) is 5.24. The maximum atomic E-state index is 12.3. The van der Waals surface area contributed by atoms with Crippen LogP contribution in [0.2, 0.25) is 0 Å². The molecule has 1 unspecified atom stereocenters. The Morgan fingerprint density at radius 2 is 2.06 bits per heavy atom. The number of hydrogen-bond acceptors (Lipinski definition) is 3. The van der Waals surface area contributed by atoms with Gasteiger partial charge in [0.1, 0.15) is 0 Å². The fourth-order valence-electron chi connectivity index (χ4n) is 2.79. The molecule has 17 heavy (non-hydrogen) atoms. The molecule has 4 heteroatoms. The molecule has 3 nitrogen and oxygen atoms in total. The molecule has 2 rings (SSSR count). The van der Waals surface area contributed by atoms with Crippen LogP contribution < -0.4 is 5.32 Å². The van der Waals surface area contributed by atoms with Gasteiger partial charge in [-0.05, 0) is 50.9 Å². The van der Waals surface area contributed by atoms with Gasteiger partial charge in [0.05, 0.1) is 5.25 Å². The first-order valence-electron chi connectivity index (χ1n) is 6.86. The van der Waals surface area contributed by atoms with E-state index in [1.807, 2.05) is 18.8 Å². The van der Waals surface area contributed by atoms with Crippen molar-refractivity contribution >= 4 is 17.7 Å². The topological polar surface area (TPSA) is 32.3 Å². The summed E-state index contributed by atoms with van der Waals surface area (Å²) in [5, 5.41) is 3.51. The highest BCUT2D eigenvalue weighted by molar-refractivity contribution is 8.00. The number of nitrogens with zero attached hydrogens (tertiary/aromatic N) is 1. The molecule has 2 fully saturated rings. The number of piperidine rings is 1. The molecule has 0 saturated carbocycles. The van der Waals surface area contributed by atoms with E-state index in [9.17, 15) is 4.79 Å². The van der Waals surface area contributed by atoms with Crippen LogP contribution in [0.25, 0.3) is 0 Å². The lowest BCUT2D eigenvalue weighted by atomic mass is 9.96. The zero-order chi connectivity index (χ0) is 12.1. The van der Waals surface area contributed by atoms with Gasteiger partial charge in [-0.25, -0.2) is 0 Å². The SMILES string of the molecule is CNCC1CCN(C(=O)C2CCCCS2)CC1. The zero-order valence-electron chi connectivity index (χ0n) is 10.8. The third kappa shape index (κ3) is 3.62. The van der Waals surface area contributed by atoms with Crippen molar-refractivity contribution in [1.29, 1.82) is 0 Å². The quantitative estimate of drug-likeness (QED) is 0.834. The number of thioether (sulfide) groups is 1. The van der Waals surface area contributed by atoms with Gasteiger partial charge in [-0.2, -0.15) is 0 Å². The van der Waals surface area contributed by atoms with Crippen molar-refractivity contribution < 1.29 is 4.79 Å². The summed E-state index contributed by atoms with van der Waals surface area (Å²) in [4.78, 5) is 14.4. The van der Waals surface area contributed by atoms with Gasteiger partial charge >= 0.3 is 0 Å². The summed E-state index contributed by atoms with van der Waals surface area (Å²) in [5.74, 6) is 2.35. The second-order valence-electron chi connectivity index (χ2n) is 5.18. The number of amides is 1. The van der Waals surface area contributed by atoms with Crippen molar-refractivity contribution in [1.82, 2.24) is 10.2 Å². The normalized spacial score (nSPS) is 27.1. The van der Waals surface area contributed by atoms with Gasteiger partial charge in [0.2, 0.25) is 5.91 Å². The Kier molecular flexibility index (Phi) is 5.16. The molecule has 2 saturated heterocycles. The van der Waals surface area contributed by atoms with E-state index in [1.165, 1.54) is 31.4 Å². The summed E-state index contributed by atoms with van der Waals surface area (Å²) < 4.78 is 0. The summed E-state index contributed by atoms with van der Waals surface area (Å²) >= 11 is 1.87. The van der Waals surface area contributed by atoms with Gasteiger partial charge in [0.15, 0.2) is 0 Å². The Balaban J connectivity index is 1.77. The Labute approximate surface area is 109 Å². The van der Waals surface area contributed by atoms with E-state index in [0.29, 0.717) is 5.91 Å². The predicted octanol–water partition coefficient (Wildman–Crippen LogP) is 1.73.